The molecule has 7 nitrogen and oxygen atoms in total. The molecule has 3 rings (SSSR count). The molecule has 0 bridgehead atoms. The van der Waals surface area contributed by atoms with Crippen molar-refractivity contribution in [2.75, 3.05) is 52.5 Å². The summed E-state index contributed by atoms with van der Waals surface area (Å²) in [5, 5.41) is 13.3. The van der Waals surface area contributed by atoms with Gasteiger partial charge >= 0.3 is 5.97 Å². The first-order valence-electron chi connectivity index (χ1n) is 9.69. The van der Waals surface area contributed by atoms with Crippen LogP contribution in [0.2, 0.25) is 0 Å². The summed E-state index contributed by atoms with van der Waals surface area (Å²) in [6.45, 7) is 12.6. The molecular weight excluding hydrogens is 332 g/mol. The van der Waals surface area contributed by atoms with Gasteiger partial charge in [0.1, 0.15) is 6.54 Å². The number of ether oxygens (including phenoxy) is 1. The summed E-state index contributed by atoms with van der Waals surface area (Å²) < 4.78 is 7.10. The quantitative estimate of drug-likeness (QED) is 0.791. The molecule has 146 valence electrons. The van der Waals surface area contributed by atoms with Crippen molar-refractivity contribution in [3.8, 4) is 0 Å². The lowest BCUT2D eigenvalue weighted by molar-refractivity contribution is -0.137. The van der Waals surface area contributed by atoms with Gasteiger partial charge in [0, 0.05) is 50.5 Å². The van der Waals surface area contributed by atoms with Crippen LogP contribution in [0.25, 0.3) is 0 Å². The van der Waals surface area contributed by atoms with Gasteiger partial charge in [-0.3, -0.25) is 14.4 Å². The normalized spacial score (nSPS) is 23.2. The highest BCUT2D eigenvalue weighted by atomic mass is 16.5. The van der Waals surface area contributed by atoms with Crippen molar-refractivity contribution in [2.24, 2.45) is 5.41 Å². The van der Waals surface area contributed by atoms with Crippen LogP contribution in [0.1, 0.15) is 38.3 Å². The molecular formula is C19H32N4O3. The molecule has 2 fully saturated rings. The van der Waals surface area contributed by atoms with Crippen molar-refractivity contribution in [3.63, 3.8) is 0 Å². The Labute approximate surface area is 155 Å². The molecule has 1 aromatic heterocycles. The maximum atomic E-state index is 11.1. The van der Waals surface area contributed by atoms with Gasteiger partial charge in [0.15, 0.2) is 0 Å². The molecule has 0 aromatic carbocycles. The van der Waals surface area contributed by atoms with E-state index < -0.39 is 5.97 Å². The predicted octanol–water partition coefficient (Wildman–Crippen LogP) is 1.51. The third-order valence-electron chi connectivity index (χ3n) is 5.37. The highest BCUT2D eigenvalue weighted by Gasteiger charge is 2.30. The zero-order valence-corrected chi connectivity index (χ0v) is 16.1. The summed E-state index contributed by atoms with van der Waals surface area (Å²) in [7, 11) is 0. The molecule has 0 aliphatic carbocycles. The third kappa shape index (κ3) is 5.28. The van der Waals surface area contributed by atoms with Gasteiger partial charge in [-0.15, -0.1) is 0 Å². The summed E-state index contributed by atoms with van der Waals surface area (Å²) in [6.07, 6.45) is 3.97. The number of carboxylic acid groups (broad SMARTS) is 1. The molecule has 0 saturated carbocycles. The molecule has 2 aliphatic rings. The second-order valence-electron chi connectivity index (χ2n) is 8.43. The lowest BCUT2D eigenvalue weighted by atomic mass is 9.88. The van der Waals surface area contributed by atoms with Crippen molar-refractivity contribution in [2.45, 2.75) is 39.2 Å². The lowest BCUT2D eigenvalue weighted by Crippen LogP contribution is -2.47. The summed E-state index contributed by atoms with van der Waals surface area (Å²) >= 11 is 0. The van der Waals surface area contributed by atoms with Crippen LogP contribution >= 0.6 is 0 Å². The second-order valence-corrected chi connectivity index (χ2v) is 8.43. The zero-order chi connectivity index (χ0) is 18.6. The van der Waals surface area contributed by atoms with Gasteiger partial charge in [-0.05, 0) is 30.9 Å². The van der Waals surface area contributed by atoms with E-state index in [2.05, 4.69) is 28.7 Å². The minimum Gasteiger partial charge on any atom is -0.480 e. The van der Waals surface area contributed by atoms with Gasteiger partial charge in [0.25, 0.3) is 0 Å². The summed E-state index contributed by atoms with van der Waals surface area (Å²) in [5.41, 5.74) is 1.28. The van der Waals surface area contributed by atoms with E-state index in [1.807, 2.05) is 6.07 Å². The number of hydrogen-bond donors (Lipinski definition) is 1. The minimum absolute atomic E-state index is 0.0542. The standard InChI is InChI=1S/C19H32N4O3/c1-19(2,14-21-8-10-26-11-9-21)15-22-7-3-4-16(12-22)17-5-6-20-23(17)13-18(24)25/h5-6,16H,3-4,7-15H2,1-2H3,(H,24,25)/t16-/m0/s1. The molecule has 0 amide bonds. The number of hydrogen-bond acceptors (Lipinski definition) is 5. The maximum Gasteiger partial charge on any atom is 0.325 e. The molecule has 1 aromatic rings. The van der Waals surface area contributed by atoms with Gasteiger partial charge in [0.05, 0.1) is 13.2 Å². The summed E-state index contributed by atoms with van der Waals surface area (Å²) in [4.78, 5) is 16.1. The topological polar surface area (TPSA) is 70.8 Å². The monoisotopic (exact) mass is 364 g/mol. The van der Waals surface area contributed by atoms with Crippen LogP contribution in [-0.2, 0) is 16.1 Å². The lowest BCUT2D eigenvalue weighted by Gasteiger charge is -2.41. The highest BCUT2D eigenvalue weighted by Crippen LogP contribution is 2.29. The van der Waals surface area contributed by atoms with Crippen molar-refractivity contribution in [3.05, 3.63) is 18.0 Å². The van der Waals surface area contributed by atoms with Gasteiger partial charge in [-0.25, -0.2) is 0 Å². The van der Waals surface area contributed by atoms with Crippen LogP contribution in [0.15, 0.2) is 12.3 Å². The molecule has 1 atom stereocenters. The number of rotatable bonds is 7. The van der Waals surface area contributed by atoms with Crippen molar-refractivity contribution in [1.82, 2.24) is 19.6 Å². The van der Waals surface area contributed by atoms with Gasteiger partial charge in [0.2, 0.25) is 0 Å². The Kier molecular flexibility index (Phi) is 6.32. The largest absolute Gasteiger partial charge is 0.480 e. The predicted molar refractivity (Wildman–Crippen MR) is 99.3 cm³/mol. The van der Waals surface area contributed by atoms with E-state index >= 15 is 0 Å². The Balaban J connectivity index is 1.57. The van der Waals surface area contributed by atoms with Gasteiger partial charge in [-0.2, -0.15) is 5.10 Å². The summed E-state index contributed by atoms with van der Waals surface area (Å²) in [6, 6.07) is 1.98. The van der Waals surface area contributed by atoms with E-state index in [0.29, 0.717) is 5.92 Å². The van der Waals surface area contributed by atoms with Crippen LogP contribution in [0.4, 0.5) is 0 Å². The SMILES string of the molecule is CC(C)(CN1CCOCC1)CN1CCC[C@H](c2ccnn2CC(=O)O)C1. The van der Waals surface area contributed by atoms with E-state index in [1.165, 1.54) is 0 Å². The van der Waals surface area contributed by atoms with E-state index in [9.17, 15) is 4.79 Å². The zero-order valence-electron chi connectivity index (χ0n) is 16.1. The number of piperidine rings is 1. The second kappa shape index (κ2) is 8.50. The van der Waals surface area contributed by atoms with Crippen LogP contribution in [-0.4, -0.2) is 83.1 Å². The Bertz CT molecular complexity index is 595. The molecule has 2 saturated heterocycles. The number of carbonyl (C=O) groups is 1. The van der Waals surface area contributed by atoms with Crippen LogP contribution < -0.4 is 0 Å². The first-order chi connectivity index (χ1) is 12.4. The molecule has 3 heterocycles. The maximum absolute atomic E-state index is 11.1. The molecule has 7 heteroatoms. The third-order valence-corrected chi connectivity index (χ3v) is 5.37. The molecule has 0 unspecified atom stereocenters. The molecule has 0 spiro atoms. The van der Waals surface area contributed by atoms with Crippen LogP contribution in [0, 0.1) is 5.41 Å². The first kappa shape index (κ1) is 19.3. The first-order valence-corrected chi connectivity index (χ1v) is 9.69. The summed E-state index contributed by atoms with van der Waals surface area (Å²) in [5.74, 6) is -0.473. The Morgan fingerprint density at radius 1 is 1.27 bits per heavy atom. The number of morpholine rings is 1. The number of nitrogens with zero attached hydrogens (tertiary/aromatic N) is 4. The highest BCUT2D eigenvalue weighted by molar-refractivity contribution is 5.66. The Morgan fingerprint density at radius 2 is 2.00 bits per heavy atom. The van der Waals surface area contributed by atoms with E-state index in [1.54, 1.807) is 10.9 Å². The van der Waals surface area contributed by atoms with E-state index in [0.717, 1.165) is 71.0 Å². The average molecular weight is 364 g/mol. The molecule has 1 N–H and O–H groups in total. The van der Waals surface area contributed by atoms with Crippen LogP contribution in [0.5, 0.6) is 0 Å². The number of likely N-dealkylation sites (tertiary alicyclic amines) is 1. The molecule has 26 heavy (non-hydrogen) atoms. The van der Waals surface area contributed by atoms with Crippen molar-refractivity contribution >= 4 is 5.97 Å². The van der Waals surface area contributed by atoms with E-state index in [-0.39, 0.29) is 12.0 Å². The number of carboxylic acids is 1. The smallest absolute Gasteiger partial charge is 0.325 e. The number of aromatic nitrogens is 2. The molecule has 2 aliphatic heterocycles. The fourth-order valence-corrected chi connectivity index (χ4v) is 4.41. The fraction of sp³-hybridized carbons (Fsp3) is 0.789. The average Bonchev–Trinajstić information content (AvgIpc) is 3.02. The fourth-order valence-electron chi connectivity index (χ4n) is 4.41. The van der Waals surface area contributed by atoms with Gasteiger partial charge in [-0.1, -0.05) is 13.8 Å². The Hall–Kier alpha value is -1.44. The van der Waals surface area contributed by atoms with Crippen molar-refractivity contribution in [1.29, 1.82) is 0 Å². The van der Waals surface area contributed by atoms with E-state index in [4.69, 9.17) is 9.84 Å². The minimum atomic E-state index is -0.839. The van der Waals surface area contributed by atoms with Gasteiger partial charge < -0.3 is 14.7 Å². The van der Waals surface area contributed by atoms with Crippen molar-refractivity contribution < 1.29 is 14.6 Å². The van der Waals surface area contributed by atoms with Crippen LogP contribution in [0.3, 0.4) is 0 Å². The Morgan fingerprint density at radius 3 is 2.73 bits per heavy atom. The number of aliphatic carboxylic acids is 1. The molecule has 0 radical (unpaired) electrons.